The third-order valence-electron chi connectivity index (χ3n) is 4.47. The lowest BCUT2D eigenvalue weighted by Crippen LogP contribution is -2.36. The van der Waals surface area contributed by atoms with E-state index in [1.807, 2.05) is 60.7 Å². The van der Waals surface area contributed by atoms with Gasteiger partial charge in [-0.3, -0.25) is 4.79 Å². The van der Waals surface area contributed by atoms with Crippen molar-refractivity contribution in [2.45, 2.75) is 38.8 Å². The van der Waals surface area contributed by atoms with E-state index in [1.165, 1.54) is 0 Å². The van der Waals surface area contributed by atoms with E-state index in [0.29, 0.717) is 0 Å². The zero-order chi connectivity index (χ0) is 21.0. The summed E-state index contributed by atoms with van der Waals surface area (Å²) in [4.78, 5) is 23.8. The minimum atomic E-state index is -1.00. The Morgan fingerprint density at radius 1 is 0.966 bits per heavy atom. The Labute approximate surface area is 170 Å². The lowest BCUT2D eigenvalue weighted by atomic mass is 9.92. The lowest BCUT2D eigenvalue weighted by Gasteiger charge is -2.24. The molecule has 3 rings (SSSR count). The minimum Gasteiger partial charge on any atom is -0.481 e. The molecular formula is C24H25NO4. The fourth-order valence-electron chi connectivity index (χ4n) is 3.28. The van der Waals surface area contributed by atoms with Gasteiger partial charge in [0.1, 0.15) is 5.60 Å². The third kappa shape index (κ3) is 5.35. The highest BCUT2D eigenvalue weighted by molar-refractivity contribution is 5.88. The Kier molecular flexibility index (Phi) is 5.87. The summed E-state index contributed by atoms with van der Waals surface area (Å²) in [6.07, 6.45) is -0.888. The fraction of sp³-hybridized carbons (Fsp3) is 0.250. The molecule has 2 N–H and O–H groups in total. The largest absolute Gasteiger partial charge is 0.481 e. The van der Waals surface area contributed by atoms with Gasteiger partial charge in [0, 0.05) is 0 Å². The van der Waals surface area contributed by atoms with Crippen molar-refractivity contribution in [3.05, 3.63) is 72.3 Å². The van der Waals surface area contributed by atoms with Crippen LogP contribution < -0.4 is 5.32 Å². The van der Waals surface area contributed by atoms with Crippen LogP contribution in [0.4, 0.5) is 4.79 Å². The number of alkyl carbamates (subject to hydrolysis) is 1. The molecule has 3 aromatic rings. The van der Waals surface area contributed by atoms with Crippen LogP contribution in [0, 0.1) is 0 Å². The van der Waals surface area contributed by atoms with E-state index in [2.05, 4.69) is 11.4 Å². The molecule has 0 bridgehead atoms. The molecular weight excluding hydrogens is 366 g/mol. The number of carboxylic acids is 1. The highest BCUT2D eigenvalue weighted by atomic mass is 16.6. The first-order valence-electron chi connectivity index (χ1n) is 9.52. The van der Waals surface area contributed by atoms with Crippen LogP contribution >= 0.6 is 0 Å². The van der Waals surface area contributed by atoms with Gasteiger partial charge in [-0.25, -0.2) is 4.79 Å². The molecule has 3 aromatic carbocycles. The Morgan fingerprint density at radius 3 is 2.31 bits per heavy atom. The number of fused-ring (bicyclic) bond motifs is 1. The maximum absolute atomic E-state index is 12.3. The molecule has 0 saturated carbocycles. The smallest absolute Gasteiger partial charge is 0.408 e. The molecule has 1 amide bonds. The van der Waals surface area contributed by atoms with Gasteiger partial charge in [0.15, 0.2) is 0 Å². The number of benzene rings is 3. The van der Waals surface area contributed by atoms with Gasteiger partial charge in [0.2, 0.25) is 0 Å². The Balaban J connectivity index is 2.00. The number of hydrogen-bond donors (Lipinski definition) is 2. The molecule has 29 heavy (non-hydrogen) atoms. The summed E-state index contributed by atoms with van der Waals surface area (Å²) < 4.78 is 5.33. The number of amides is 1. The van der Waals surface area contributed by atoms with Gasteiger partial charge in [-0.05, 0) is 54.3 Å². The lowest BCUT2D eigenvalue weighted by molar-refractivity contribution is -0.137. The SMILES string of the molecule is CC(C)(C)OC(=O)N[C@@H](CC(=O)O)c1ccccc1-c1ccc2ccccc2c1. The molecule has 0 aliphatic carbocycles. The molecule has 0 heterocycles. The summed E-state index contributed by atoms with van der Waals surface area (Å²) in [5.74, 6) is -1.00. The van der Waals surface area contributed by atoms with Gasteiger partial charge in [-0.2, -0.15) is 0 Å². The molecule has 0 aliphatic heterocycles. The maximum Gasteiger partial charge on any atom is 0.408 e. The maximum atomic E-state index is 12.3. The number of rotatable bonds is 5. The van der Waals surface area contributed by atoms with Crippen molar-refractivity contribution in [3.63, 3.8) is 0 Å². The van der Waals surface area contributed by atoms with Gasteiger partial charge in [0.25, 0.3) is 0 Å². The average molecular weight is 391 g/mol. The quantitative estimate of drug-likeness (QED) is 0.598. The Hall–Kier alpha value is -3.34. The van der Waals surface area contributed by atoms with E-state index in [4.69, 9.17) is 4.74 Å². The van der Waals surface area contributed by atoms with Crippen molar-refractivity contribution < 1.29 is 19.4 Å². The second-order valence-corrected chi connectivity index (χ2v) is 7.95. The normalized spacial score (nSPS) is 12.4. The molecule has 0 aromatic heterocycles. The summed E-state index contributed by atoms with van der Waals surface area (Å²) in [5, 5.41) is 14.3. The van der Waals surface area contributed by atoms with Crippen LogP contribution in [-0.4, -0.2) is 22.8 Å². The number of carbonyl (C=O) groups is 2. The Morgan fingerprint density at radius 2 is 1.62 bits per heavy atom. The average Bonchev–Trinajstić information content (AvgIpc) is 2.65. The summed E-state index contributed by atoms with van der Waals surface area (Å²) in [6.45, 7) is 5.30. The molecule has 0 spiro atoms. The topological polar surface area (TPSA) is 75.6 Å². The summed E-state index contributed by atoms with van der Waals surface area (Å²) >= 11 is 0. The zero-order valence-corrected chi connectivity index (χ0v) is 16.8. The summed E-state index contributed by atoms with van der Waals surface area (Å²) in [5.41, 5.74) is 1.90. The van der Waals surface area contributed by atoms with E-state index in [0.717, 1.165) is 27.5 Å². The molecule has 150 valence electrons. The molecule has 5 nitrogen and oxygen atoms in total. The number of hydrogen-bond acceptors (Lipinski definition) is 3. The highest BCUT2D eigenvalue weighted by Crippen LogP contribution is 2.32. The molecule has 1 atom stereocenters. The van der Waals surface area contributed by atoms with E-state index in [-0.39, 0.29) is 6.42 Å². The number of nitrogens with one attached hydrogen (secondary N) is 1. The van der Waals surface area contributed by atoms with Gasteiger partial charge >= 0.3 is 12.1 Å². The predicted molar refractivity (Wildman–Crippen MR) is 114 cm³/mol. The number of carboxylic acid groups (broad SMARTS) is 1. The van der Waals surface area contributed by atoms with Crippen LogP contribution in [-0.2, 0) is 9.53 Å². The first-order chi connectivity index (χ1) is 13.7. The van der Waals surface area contributed by atoms with Crippen molar-refractivity contribution in [1.82, 2.24) is 5.32 Å². The second-order valence-electron chi connectivity index (χ2n) is 7.95. The molecule has 5 heteroatoms. The van der Waals surface area contributed by atoms with Crippen molar-refractivity contribution in [1.29, 1.82) is 0 Å². The molecule has 0 saturated heterocycles. The number of aliphatic carboxylic acids is 1. The highest BCUT2D eigenvalue weighted by Gasteiger charge is 2.24. The molecule has 0 unspecified atom stereocenters. The van der Waals surface area contributed by atoms with Gasteiger partial charge in [0.05, 0.1) is 12.5 Å². The molecule has 0 aliphatic rings. The standard InChI is InChI=1S/C24H25NO4/c1-24(2,3)29-23(28)25-21(15-22(26)27)20-11-7-6-10-19(20)18-13-12-16-8-4-5-9-17(16)14-18/h4-14,21H,15H2,1-3H3,(H,25,28)(H,26,27)/t21-/m0/s1. The zero-order valence-electron chi connectivity index (χ0n) is 16.8. The molecule has 0 radical (unpaired) electrons. The molecule has 0 fully saturated rings. The van der Waals surface area contributed by atoms with Gasteiger partial charge < -0.3 is 15.2 Å². The Bertz CT molecular complexity index is 1040. The van der Waals surface area contributed by atoms with E-state index in [9.17, 15) is 14.7 Å². The number of ether oxygens (including phenoxy) is 1. The van der Waals surface area contributed by atoms with Crippen molar-refractivity contribution in [3.8, 4) is 11.1 Å². The van der Waals surface area contributed by atoms with E-state index >= 15 is 0 Å². The predicted octanol–water partition coefficient (Wildman–Crippen LogP) is 5.55. The minimum absolute atomic E-state index is 0.246. The monoisotopic (exact) mass is 391 g/mol. The summed E-state index contributed by atoms with van der Waals surface area (Å²) in [6, 6.07) is 21.0. The van der Waals surface area contributed by atoms with Crippen LogP contribution in [0.2, 0.25) is 0 Å². The van der Waals surface area contributed by atoms with Crippen molar-refractivity contribution >= 4 is 22.8 Å². The van der Waals surface area contributed by atoms with Crippen molar-refractivity contribution in [2.75, 3.05) is 0 Å². The number of carbonyl (C=O) groups excluding carboxylic acids is 1. The summed E-state index contributed by atoms with van der Waals surface area (Å²) in [7, 11) is 0. The van der Waals surface area contributed by atoms with Crippen LogP contribution in [0.15, 0.2) is 66.7 Å². The van der Waals surface area contributed by atoms with Crippen LogP contribution in [0.1, 0.15) is 38.8 Å². The third-order valence-corrected chi connectivity index (χ3v) is 4.47. The van der Waals surface area contributed by atoms with Crippen molar-refractivity contribution in [2.24, 2.45) is 0 Å². The van der Waals surface area contributed by atoms with Gasteiger partial charge in [-0.15, -0.1) is 0 Å². The van der Waals surface area contributed by atoms with Gasteiger partial charge in [-0.1, -0.05) is 60.7 Å². The van der Waals surface area contributed by atoms with E-state index in [1.54, 1.807) is 20.8 Å². The second kappa shape index (κ2) is 8.35. The van der Waals surface area contributed by atoms with Crippen LogP contribution in [0.3, 0.4) is 0 Å². The van der Waals surface area contributed by atoms with E-state index < -0.39 is 23.7 Å². The fourth-order valence-corrected chi connectivity index (χ4v) is 3.28. The first-order valence-corrected chi connectivity index (χ1v) is 9.52. The van der Waals surface area contributed by atoms with Crippen LogP contribution in [0.25, 0.3) is 21.9 Å². The van der Waals surface area contributed by atoms with Crippen LogP contribution in [0.5, 0.6) is 0 Å². The first kappa shape index (κ1) is 20.4.